The first-order chi connectivity index (χ1) is 17.6. The third kappa shape index (κ3) is 7.81. The Morgan fingerprint density at radius 1 is 1.24 bits per heavy atom. The molecule has 0 aromatic carbocycles. The number of halogens is 1. The Labute approximate surface area is 217 Å². The first-order valence-electron chi connectivity index (χ1n) is 10.9. The summed E-state index contributed by atoms with van der Waals surface area (Å²) in [6, 6.07) is 0.977. The van der Waals surface area contributed by atoms with E-state index in [1.807, 2.05) is 4.98 Å². The molecule has 1 aromatic rings. The summed E-state index contributed by atoms with van der Waals surface area (Å²) in [7, 11) is -5.39. The van der Waals surface area contributed by atoms with E-state index >= 15 is 0 Å². The van der Waals surface area contributed by atoms with E-state index in [1.54, 1.807) is 0 Å². The molecule has 2 saturated heterocycles. The molecule has 17 nitrogen and oxygen atoms in total. The summed E-state index contributed by atoms with van der Waals surface area (Å²) < 4.78 is 52.1. The SMILES string of the molecule is O=c1ccn([C@@H]2O[C@H](COP(O)(=S)OP(=O)(O)OC3OCC([C@@H](O)CO)C(O)C(O)C3O)C[C@H]2F)c(=O)[nH]1. The Morgan fingerprint density at radius 3 is 2.55 bits per heavy atom. The van der Waals surface area contributed by atoms with Crippen LogP contribution in [0.4, 0.5) is 4.39 Å². The number of nitrogens with zero attached hydrogens (tertiary/aromatic N) is 1. The lowest BCUT2D eigenvalue weighted by molar-refractivity contribution is -0.173. The highest BCUT2D eigenvalue weighted by Crippen LogP contribution is 2.61. The fraction of sp³-hybridized carbons (Fsp3) is 0.765. The van der Waals surface area contributed by atoms with Crippen LogP contribution in [0.1, 0.15) is 12.6 Å². The van der Waals surface area contributed by atoms with Gasteiger partial charge in [-0.25, -0.2) is 18.1 Å². The van der Waals surface area contributed by atoms with Crippen molar-refractivity contribution in [3.8, 4) is 0 Å². The van der Waals surface area contributed by atoms with Crippen LogP contribution < -0.4 is 11.2 Å². The van der Waals surface area contributed by atoms with E-state index in [1.165, 1.54) is 0 Å². The molecule has 3 rings (SSSR count). The van der Waals surface area contributed by atoms with Crippen molar-refractivity contribution in [2.45, 2.75) is 55.6 Å². The first-order valence-corrected chi connectivity index (χ1v) is 15.0. The molecule has 0 amide bonds. The van der Waals surface area contributed by atoms with E-state index in [9.17, 15) is 48.8 Å². The number of ether oxygens (including phenoxy) is 2. The van der Waals surface area contributed by atoms with Gasteiger partial charge < -0.3 is 49.3 Å². The van der Waals surface area contributed by atoms with Crippen molar-refractivity contribution in [3.63, 3.8) is 0 Å². The second kappa shape index (κ2) is 12.7. The number of alkyl halides is 1. The number of H-pyrrole nitrogens is 1. The average molecular weight is 612 g/mol. The molecular formula is C17H27FN2O15P2S. The maximum absolute atomic E-state index is 14.4. The van der Waals surface area contributed by atoms with E-state index < -0.39 is 101 Å². The second-order valence-electron chi connectivity index (χ2n) is 8.42. The van der Waals surface area contributed by atoms with Crippen molar-refractivity contribution in [2.24, 2.45) is 5.92 Å². The van der Waals surface area contributed by atoms with E-state index in [0.29, 0.717) is 0 Å². The lowest BCUT2D eigenvalue weighted by Crippen LogP contribution is -2.47. The quantitative estimate of drug-likeness (QED) is 0.122. The van der Waals surface area contributed by atoms with Crippen LogP contribution in [0.25, 0.3) is 0 Å². The molecule has 11 atom stereocenters. The molecule has 0 radical (unpaired) electrons. The van der Waals surface area contributed by atoms with Gasteiger partial charge in [0.25, 0.3) is 5.56 Å². The van der Waals surface area contributed by atoms with Crippen LogP contribution in [0.15, 0.2) is 21.9 Å². The second-order valence-corrected chi connectivity index (χ2v) is 12.8. The van der Waals surface area contributed by atoms with E-state index in [2.05, 4.69) is 20.6 Å². The van der Waals surface area contributed by atoms with Crippen molar-refractivity contribution >= 4 is 26.3 Å². The van der Waals surface area contributed by atoms with Crippen LogP contribution >= 0.6 is 14.5 Å². The monoisotopic (exact) mass is 612 g/mol. The number of nitrogens with one attached hydrogen (secondary N) is 1. The van der Waals surface area contributed by atoms with Crippen molar-refractivity contribution < 1.29 is 67.1 Å². The zero-order valence-corrected chi connectivity index (χ0v) is 21.8. The Balaban J connectivity index is 1.58. The molecule has 1 aromatic heterocycles. The predicted molar refractivity (Wildman–Crippen MR) is 124 cm³/mol. The Kier molecular flexibility index (Phi) is 10.5. The minimum absolute atomic E-state index is 0.345. The molecule has 2 aliphatic rings. The smallest absolute Gasteiger partial charge is 0.394 e. The molecule has 0 aliphatic carbocycles. The van der Waals surface area contributed by atoms with Gasteiger partial charge in [-0.2, -0.15) is 0 Å². The molecule has 0 bridgehead atoms. The predicted octanol–water partition coefficient (Wildman–Crippen LogP) is -3.06. The molecule has 21 heteroatoms. The summed E-state index contributed by atoms with van der Waals surface area (Å²) in [5, 5.41) is 49.1. The molecule has 2 fully saturated rings. The van der Waals surface area contributed by atoms with Gasteiger partial charge in [0.1, 0.15) is 18.4 Å². The third-order valence-corrected chi connectivity index (χ3v) is 9.19. The normalized spacial score (nSPS) is 36.2. The van der Waals surface area contributed by atoms with Gasteiger partial charge in [-0.05, 0) is 11.8 Å². The van der Waals surface area contributed by atoms with Gasteiger partial charge in [-0.1, -0.05) is 0 Å². The number of rotatable bonds is 10. The number of phosphoric acid groups is 1. The number of hydrogen-bond acceptors (Lipinski definition) is 14. The average Bonchev–Trinajstić information content (AvgIpc) is 3.15. The van der Waals surface area contributed by atoms with E-state index in [-0.39, 0.29) is 6.42 Å². The molecule has 7 unspecified atom stereocenters. The summed E-state index contributed by atoms with van der Waals surface area (Å²) in [6.07, 6.45) is -13.3. The fourth-order valence-electron chi connectivity index (χ4n) is 3.75. The summed E-state index contributed by atoms with van der Waals surface area (Å²) in [5.41, 5.74) is -1.64. The van der Waals surface area contributed by atoms with Crippen molar-refractivity contribution in [1.29, 1.82) is 0 Å². The van der Waals surface area contributed by atoms with Crippen LogP contribution in [0.5, 0.6) is 0 Å². The maximum atomic E-state index is 14.4. The van der Waals surface area contributed by atoms with Crippen molar-refractivity contribution in [1.82, 2.24) is 9.55 Å². The van der Waals surface area contributed by atoms with Crippen molar-refractivity contribution in [3.05, 3.63) is 33.1 Å². The number of phosphoric ester groups is 1. The summed E-state index contributed by atoms with van der Waals surface area (Å²) in [4.78, 5) is 45.2. The number of hydrogen-bond donors (Lipinski definition) is 8. The van der Waals surface area contributed by atoms with Crippen LogP contribution in [0, 0.1) is 5.92 Å². The Hall–Kier alpha value is -0.990. The lowest BCUT2D eigenvalue weighted by Gasteiger charge is -2.28. The summed E-state index contributed by atoms with van der Waals surface area (Å²) in [6.45, 7) is -6.73. The largest absolute Gasteiger partial charge is 0.481 e. The molecule has 8 N–H and O–H groups in total. The zero-order chi connectivity index (χ0) is 28.4. The van der Waals surface area contributed by atoms with Crippen LogP contribution in [0.2, 0.25) is 0 Å². The van der Waals surface area contributed by atoms with E-state index in [0.717, 1.165) is 16.8 Å². The Bertz CT molecular complexity index is 1170. The standard InChI is InChI=1S/C17H27FN2O15P2S/c18-9-3-7(33-15(9)20-2-1-11(23)19-17(20)27)5-32-37(30,38)35-36(28,29)34-16-14(26)13(25)12(24)8(6-31-16)10(22)4-21/h1-2,7-10,12-16,21-22,24-26H,3-6H2,(H,28,29)(H,30,38)(H,19,23,27)/t7-,8?,9+,10-,12?,13?,14?,15+,16?,37?/m0/s1. The molecule has 218 valence electrons. The van der Waals surface area contributed by atoms with E-state index in [4.69, 9.17) is 19.1 Å². The highest BCUT2D eigenvalue weighted by atomic mass is 32.5. The van der Waals surface area contributed by atoms with Gasteiger partial charge in [-0.15, -0.1) is 0 Å². The lowest BCUT2D eigenvalue weighted by atomic mass is 9.92. The number of aromatic nitrogens is 2. The number of aliphatic hydroxyl groups is 5. The van der Waals surface area contributed by atoms with Crippen molar-refractivity contribution in [2.75, 3.05) is 19.8 Å². The molecule has 38 heavy (non-hydrogen) atoms. The van der Waals surface area contributed by atoms with Crippen LogP contribution in [-0.2, 0) is 39.2 Å². The van der Waals surface area contributed by atoms with Gasteiger partial charge >= 0.3 is 20.2 Å². The van der Waals surface area contributed by atoms with Gasteiger partial charge in [0.05, 0.1) is 38.1 Å². The fourth-order valence-corrected chi connectivity index (χ4v) is 6.88. The minimum Gasteiger partial charge on any atom is -0.394 e. The highest BCUT2D eigenvalue weighted by molar-refractivity contribution is 8.08. The molecular weight excluding hydrogens is 585 g/mol. The molecule has 2 aliphatic heterocycles. The first kappa shape index (κ1) is 31.5. The maximum Gasteiger partial charge on any atom is 0.481 e. The topological polar surface area (TPSA) is 260 Å². The van der Waals surface area contributed by atoms with Gasteiger partial charge in [-0.3, -0.25) is 18.9 Å². The Morgan fingerprint density at radius 2 is 1.92 bits per heavy atom. The summed E-state index contributed by atoms with van der Waals surface area (Å²) in [5.74, 6) is -1.31. The van der Waals surface area contributed by atoms with Gasteiger partial charge in [0.15, 0.2) is 12.5 Å². The minimum atomic E-state index is -5.39. The number of aromatic amines is 1. The van der Waals surface area contributed by atoms with Crippen LogP contribution in [-0.4, -0.2) is 108 Å². The zero-order valence-electron chi connectivity index (χ0n) is 19.2. The van der Waals surface area contributed by atoms with Crippen LogP contribution in [0.3, 0.4) is 0 Å². The summed E-state index contributed by atoms with van der Waals surface area (Å²) >= 11 is 4.66. The number of aliphatic hydroxyl groups excluding tert-OH is 5. The highest BCUT2D eigenvalue weighted by Gasteiger charge is 2.47. The van der Waals surface area contributed by atoms with Gasteiger partial charge in [0.2, 0.25) is 0 Å². The molecule has 3 heterocycles. The molecule has 0 saturated carbocycles. The third-order valence-electron chi connectivity index (χ3n) is 5.67. The van der Waals surface area contributed by atoms with Gasteiger partial charge in [0, 0.05) is 24.6 Å². The molecule has 0 spiro atoms.